The van der Waals surface area contributed by atoms with Gasteiger partial charge in [-0.2, -0.15) is 0 Å². The first-order valence-electron chi connectivity index (χ1n) is 9.06. The van der Waals surface area contributed by atoms with Gasteiger partial charge in [0.15, 0.2) is 5.78 Å². The normalized spacial score (nSPS) is 11.1. The molecule has 0 aromatic heterocycles. The van der Waals surface area contributed by atoms with Crippen molar-refractivity contribution < 1.29 is 14.0 Å². The Morgan fingerprint density at radius 2 is 1.39 bits per heavy atom. The van der Waals surface area contributed by atoms with E-state index in [2.05, 4.69) is 26.1 Å². The van der Waals surface area contributed by atoms with Gasteiger partial charge in [0.2, 0.25) is 0 Å². The van der Waals surface area contributed by atoms with Crippen LogP contribution >= 0.6 is 0 Å². The summed E-state index contributed by atoms with van der Waals surface area (Å²) < 4.78 is 13.0. The summed E-state index contributed by atoms with van der Waals surface area (Å²) in [4.78, 5) is 25.1. The highest BCUT2D eigenvalue weighted by atomic mass is 19.1. The highest BCUT2D eigenvalue weighted by Crippen LogP contribution is 2.23. The zero-order valence-corrected chi connectivity index (χ0v) is 16.1. The van der Waals surface area contributed by atoms with E-state index in [4.69, 9.17) is 0 Å². The van der Waals surface area contributed by atoms with Crippen molar-refractivity contribution in [1.29, 1.82) is 0 Å². The molecule has 3 rings (SSSR count). The molecule has 3 nitrogen and oxygen atoms in total. The van der Waals surface area contributed by atoms with Gasteiger partial charge in [0, 0.05) is 22.4 Å². The summed E-state index contributed by atoms with van der Waals surface area (Å²) in [5.41, 5.74) is 3.11. The van der Waals surface area contributed by atoms with Crippen molar-refractivity contribution in [2.75, 3.05) is 5.32 Å². The number of rotatable bonds is 4. The number of halogens is 1. The molecule has 0 atom stereocenters. The van der Waals surface area contributed by atoms with E-state index in [9.17, 15) is 14.0 Å². The molecule has 0 aliphatic carbocycles. The summed E-state index contributed by atoms with van der Waals surface area (Å²) in [5.74, 6) is -0.876. The van der Waals surface area contributed by atoms with E-state index in [1.807, 2.05) is 24.3 Å². The van der Waals surface area contributed by atoms with E-state index in [0.717, 1.165) is 5.56 Å². The molecular formula is C24H22FNO2. The summed E-state index contributed by atoms with van der Waals surface area (Å²) >= 11 is 0. The second kappa shape index (κ2) is 7.77. The van der Waals surface area contributed by atoms with Crippen molar-refractivity contribution in [1.82, 2.24) is 0 Å². The number of benzene rings is 3. The third kappa shape index (κ3) is 4.52. The summed E-state index contributed by atoms with van der Waals surface area (Å²) in [6, 6.07) is 19.7. The molecule has 3 aromatic rings. The SMILES string of the molecule is CC(C)(C)c1ccc(C(=O)c2cccc(NC(=O)c3ccc(F)cc3)c2)cc1. The third-order valence-corrected chi connectivity index (χ3v) is 4.50. The zero-order valence-electron chi connectivity index (χ0n) is 16.1. The molecule has 0 aliphatic heterocycles. The van der Waals surface area contributed by atoms with Gasteiger partial charge in [-0.15, -0.1) is 0 Å². The Labute approximate surface area is 164 Å². The van der Waals surface area contributed by atoms with Crippen LogP contribution in [0.5, 0.6) is 0 Å². The van der Waals surface area contributed by atoms with Crippen LogP contribution < -0.4 is 5.32 Å². The molecular weight excluding hydrogens is 353 g/mol. The molecule has 142 valence electrons. The van der Waals surface area contributed by atoms with Gasteiger partial charge < -0.3 is 5.32 Å². The van der Waals surface area contributed by atoms with Crippen LogP contribution in [0.15, 0.2) is 72.8 Å². The van der Waals surface area contributed by atoms with Crippen LogP contribution in [-0.2, 0) is 5.41 Å². The monoisotopic (exact) mass is 375 g/mol. The van der Waals surface area contributed by atoms with Crippen LogP contribution in [0.4, 0.5) is 10.1 Å². The number of anilines is 1. The Hall–Kier alpha value is -3.27. The number of amides is 1. The molecule has 28 heavy (non-hydrogen) atoms. The molecule has 0 radical (unpaired) electrons. The average Bonchev–Trinajstić information content (AvgIpc) is 2.67. The van der Waals surface area contributed by atoms with Gasteiger partial charge in [0.05, 0.1) is 0 Å². The van der Waals surface area contributed by atoms with Crippen molar-refractivity contribution in [3.05, 3.63) is 101 Å². The molecule has 0 bridgehead atoms. The minimum absolute atomic E-state index is 0.0200. The summed E-state index contributed by atoms with van der Waals surface area (Å²) in [7, 11) is 0. The van der Waals surface area contributed by atoms with Crippen LogP contribution in [0, 0.1) is 5.82 Å². The molecule has 0 heterocycles. The first kappa shape index (κ1) is 19.5. The molecule has 0 fully saturated rings. The molecule has 0 saturated carbocycles. The summed E-state index contributed by atoms with van der Waals surface area (Å²) in [6.07, 6.45) is 0. The van der Waals surface area contributed by atoms with Gasteiger partial charge >= 0.3 is 0 Å². The largest absolute Gasteiger partial charge is 0.322 e. The minimum atomic E-state index is -0.401. The molecule has 4 heteroatoms. The van der Waals surface area contributed by atoms with Gasteiger partial charge in [0.1, 0.15) is 5.82 Å². The number of carbonyl (C=O) groups is 2. The standard InChI is InChI=1S/C24H22FNO2/c1-24(2,3)19-11-7-16(8-12-19)22(27)18-5-4-6-21(15-18)26-23(28)17-9-13-20(25)14-10-17/h4-15H,1-3H3,(H,26,28). The third-order valence-electron chi connectivity index (χ3n) is 4.50. The van der Waals surface area contributed by atoms with Crippen molar-refractivity contribution >= 4 is 17.4 Å². The van der Waals surface area contributed by atoms with E-state index in [0.29, 0.717) is 22.4 Å². The Morgan fingerprint density at radius 3 is 2.00 bits per heavy atom. The molecule has 3 aromatic carbocycles. The zero-order chi connectivity index (χ0) is 20.3. The van der Waals surface area contributed by atoms with Crippen LogP contribution in [0.25, 0.3) is 0 Å². The Morgan fingerprint density at radius 1 is 0.786 bits per heavy atom. The first-order valence-corrected chi connectivity index (χ1v) is 9.06. The smallest absolute Gasteiger partial charge is 0.255 e. The van der Waals surface area contributed by atoms with Gasteiger partial charge in [0.25, 0.3) is 5.91 Å². The van der Waals surface area contributed by atoms with Crippen molar-refractivity contribution in [2.24, 2.45) is 0 Å². The Kier molecular flexibility index (Phi) is 5.41. The van der Waals surface area contributed by atoms with Crippen LogP contribution in [0.3, 0.4) is 0 Å². The fourth-order valence-electron chi connectivity index (χ4n) is 2.83. The lowest BCUT2D eigenvalue weighted by molar-refractivity contribution is 0.102. The number of hydrogen-bond donors (Lipinski definition) is 1. The van der Waals surface area contributed by atoms with Gasteiger partial charge in [-0.1, -0.05) is 57.2 Å². The van der Waals surface area contributed by atoms with Crippen molar-refractivity contribution in [3.8, 4) is 0 Å². The van der Waals surface area contributed by atoms with E-state index < -0.39 is 5.82 Å². The van der Waals surface area contributed by atoms with E-state index in [1.54, 1.807) is 24.3 Å². The fraction of sp³-hybridized carbons (Fsp3) is 0.167. The molecule has 0 unspecified atom stereocenters. The molecule has 0 saturated heterocycles. The molecule has 0 aliphatic rings. The highest BCUT2D eigenvalue weighted by molar-refractivity contribution is 6.10. The van der Waals surface area contributed by atoms with Crippen LogP contribution in [0.1, 0.15) is 52.6 Å². The van der Waals surface area contributed by atoms with E-state index in [1.165, 1.54) is 24.3 Å². The van der Waals surface area contributed by atoms with E-state index >= 15 is 0 Å². The maximum Gasteiger partial charge on any atom is 0.255 e. The lowest BCUT2D eigenvalue weighted by Gasteiger charge is -2.19. The highest BCUT2D eigenvalue weighted by Gasteiger charge is 2.15. The van der Waals surface area contributed by atoms with E-state index in [-0.39, 0.29) is 17.1 Å². The quantitative estimate of drug-likeness (QED) is 0.603. The van der Waals surface area contributed by atoms with Crippen LogP contribution in [0.2, 0.25) is 0 Å². The average molecular weight is 375 g/mol. The van der Waals surface area contributed by atoms with Gasteiger partial charge in [-0.05, 0) is 47.4 Å². The Balaban J connectivity index is 1.78. The number of ketones is 1. The minimum Gasteiger partial charge on any atom is -0.322 e. The predicted octanol–water partition coefficient (Wildman–Crippen LogP) is 5.61. The lowest BCUT2D eigenvalue weighted by atomic mass is 9.86. The second-order valence-electron chi connectivity index (χ2n) is 7.70. The maximum absolute atomic E-state index is 13.0. The van der Waals surface area contributed by atoms with Crippen molar-refractivity contribution in [2.45, 2.75) is 26.2 Å². The number of carbonyl (C=O) groups excluding carboxylic acids is 2. The number of hydrogen-bond acceptors (Lipinski definition) is 2. The molecule has 1 amide bonds. The summed E-state index contributed by atoms with van der Waals surface area (Å²) in [6.45, 7) is 6.37. The van der Waals surface area contributed by atoms with Crippen LogP contribution in [-0.4, -0.2) is 11.7 Å². The molecule has 1 N–H and O–H groups in total. The first-order chi connectivity index (χ1) is 13.2. The summed E-state index contributed by atoms with van der Waals surface area (Å²) in [5, 5.41) is 2.74. The predicted molar refractivity (Wildman–Crippen MR) is 109 cm³/mol. The van der Waals surface area contributed by atoms with Gasteiger partial charge in [-0.25, -0.2) is 4.39 Å². The molecule has 0 spiro atoms. The fourth-order valence-corrected chi connectivity index (χ4v) is 2.83. The topological polar surface area (TPSA) is 46.2 Å². The number of nitrogens with one attached hydrogen (secondary N) is 1. The second-order valence-corrected chi connectivity index (χ2v) is 7.70. The van der Waals surface area contributed by atoms with Crippen molar-refractivity contribution in [3.63, 3.8) is 0 Å². The lowest BCUT2D eigenvalue weighted by Crippen LogP contribution is -2.13. The van der Waals surface area contributed by atoms with Gasteiger partial charge in [-0.3, -0.25) is 9.59 Å². The Bertz CT molecular complexity index is 1000. The maximum atomic E-state index is 13.0.